The average molecular weight is 136 g/mol. The Morgan fingerprint density at radius 2 is 2.50 bits per heavy atom. The van der Waals surface area contributed by atoms with Gasteiger partial charge in [0, 0.05) is 5.88 Å². The van der Waals surface area contributed by atoms with Gasteiger partial charge in [0.25, 0.3) is 0 Å². The Balaban J connectivity index is 3.26. The molecule has 0 bridgehead atoms. The van der Waals surface area contributed by atoms with Crippen molar-refractivity contribution in [2.24, 2.45) is 0 Å². The van der Waals surface area contributed by atoms with Crippen LogP contribution in [0.4, 0.5) is 0 Å². The lowest BCUT2D eigenvalue weighted by Gasteiger charge is -1.88. The summed E-state index contributed by atoms with van der Waals surface area (Å²) in [5.41, 5.74) is 0.961. The molecular weight excluding hydrogens is 128 g/mol. The van der Waals surface area contributed by atoms with Crippen LogP contribution < -0.4 is 0 Å². The van der Waals surface area contributed by atoms with Crippen molar-refractivity contribution in [2.75, 3.05) is 12.5 Å². The van der Waals surface area contributed by atoms with Gasteiger partial charge >= 0.3 is 0 Å². The van der Waals surface area contributed by atoms with E-state index in [0.29, 0.717) is 5.88 Å². The molecule has 0 aliphatic carbocycles. The summed E-state index contributed by atoms with van der Waals surface area (Å²) in [5.74, 6) is 0.462. The van der Waals surface area contributed by atoms with E-state index in [-0.39, 0.29) is 6.61 Å². The third-order valence-electron chi connectivity index (χ3n) is 0.711. The van der Waals surface area contributed by atoms with E-state index in [4.69, 9.17) is 11.6 Å². The molecule has 0 N–H and O–H groups in total. The first-order chi connectivity index (χ1) is 3.81. The van der Waals surface area contributed by atoms with Gasteiger partial charge < -0.3 is 0 Å². The quantitative estimate of drug-likeness (QED) is 0.250. The minimum absolute atomic E-state index is 0.110. The summed E-state index contributed by atoms with van der Waals surface area (Å²) in [4.78, 5) is 3.53. The van der Waals surface area contributed by atoms with Gasteiger partial charge in [-0.1, -0.05) is 11.6 Å². The maximum absolute atomic E-state index is 9.36. The van der Waals surface area contributed by atoms with Gasteiger partial charge in [-0.2, -0.15) is 4.89 Å². The average Bonchev–Trinajstić information content (AvgIpc) is 1.83. The lowest BCUT2D eigenvalue weighted by atomic mass is 10.3. The summed E-state index contributed by atoms with van der Waals surface area (Å²) in [7, 11) is 0. The molecule has 0 aromatic heterocycles. The molecule has 0 unspecified atom stereocenters. The van der Waals surface area contributed by atoms with Crippen molar-refractivity contribution in [3.05, 3.63) is 11.6 Å². The van der Waals surface area contributed by atoms with Crippen molar-refractivity contribution >= 4 is 11.6 Å². The Morgan fingerprint density at radius 1 is 1.88 bits per heavy atom. The first kappa shape index (κ1) is 7.95. The Kier molecular flexibility index (Phi) is 5.06. The SMILES string of the molecule is C/C(=C\CO[O])CCl. The molecule has 3 heteroatoms. The summed E-state index contributed by atoms with van der Waals surface area (Å²) >= 11 is 5.36. The second-order valence-electron chi connectivity index (χ2n) is 1.47. The van der Waals surface area contributed by atoms with Crippen LogP contribution in [-0.4, -0.2) is 12.5 Å². The van der Waals surface area contributed by atoms with Crippen LogP contribution in [0.1, 0.15) is 6.92 Å². The van der Waals surface area contributed by atoms with E-state index < -0.39 is 0 Å². The number of rotatable bonds is 3. The zero-order chi connectivity index (χ0) is 6.41. The number of hydrogen-bond acceptors (Lipinski definition) is 1. The predicted molar refractivity (Wildman–Crippen MR) is 31.1 cm³/mol. The minimum atomic E-state index is 0.110. The molecule has 1 radical (unpaired) electrons. The summed E-state index contributed by atoms with van der Waals surface area (Å²) in [6.45, 7) is 1.95. The largest absolute Gasteiger partial charge is 0.200 e. The molecule has 0 rings (SSSR count). The standard InChI is InChI=1S/C5H8ClO2/c1-5(4-6)2-3-8-7/h2H,3-4H2,1H3/b5-2+. The van der Waals surface area contributed by atoms with Crippen molar-refractivity contribution in [1.29, 1.82) is 0 Å². The lowest BCUT2D eigenvalue weighted by molar-refractivity contribution is -0.294. The summed E-state index contributed by atoms with van der Waals surface area (Å²) in [6, 6.07) is 0. The molecule has 0 atom stereocenters. The number of hydrogen-bond donors (Lipinski definition) is 0. The molecule has 0 spiro atoms. The van der Waals surface area contributed by atoms with E-state index in [1.54, 1.807) is 6.08 Å². The van der Waals surface area contributed by atoms with Gasteiger partial charge in [0.2, 0.25) is 0 Å². The van der Waals surface area contributed by atoms with Crippen LogP contribution in [0.25, 0.3) is 0 Å². The highest BCUT2D eigenvalue weighted by molar-refractivity contribution is 6.19. The molecule has 0 aliphatic heterocycles. The monoisotopic (exact) mass is 135 g/mol. The fraction of sp³-hybridized carbons (Fsp3) is 0.600. The Hall–Kier alpha value is -0.0500. The van der Waals surface area contributed by atoms with Gasteiger partial charge in [0.15, 0.2) is 0 Å². The Morgan fingerprint density at radius 3 is 2.88 bits per heavy atom. The molecule has 0 amide bonds. The first-order valence-corrected chi connectivity index (χ1v) is 2.81. The van der Waals surface area contributed by atoms with E-state index in [1.165, 1.54) is 0 Å². The van der Waals surface area contributed by atoms with Gasteiger partial charge in [-0.05, 0) is 12.2 Å². The Bertz CT molecular complexity index is 80.5. The predicted octanol–water partition coefficient (Wildman–Crippen LogP) is 1.53. The highest BCUT2D eigenvalue weighted by Gasteiger charge is 1.82. The molecule has 0 saturated heterocycles. The molecule has 2 nitrogen and oxygen atoms in total. The topological polar surface area (TPSA) is 29.1 Å². The normalized spacial score (nSPS) is 12.1. The molecule has 0 saturated carbocycles. The highest BCUT2D eigenvalue weighted by atomic mass is 35.5. The van der Waals surface area contributed by atoms with E-state index in [0.717, 1.165) is 5.57 Å². The summed E-state index contributed by atoms with van der Waals surface area (Å²) < 4.78 is 0. The van der Waals surface area contributed by atoms with E-state index in [2.05, 4.69) is 4.89 Å². The second kappa shape index (κ2) is 5.09. The fourth-order valence-electron chi connectivity index (χ4n) is 0.231. The molecular formula is C5H8ClO2. The molecule has 47 valence electrons. The van der Waals surface area contributed by atoms with Gasteiger partial charge in [-0.15, -0.1) is 11.6 Å². The van der Waals surface area contributed by atoms with E-state index >= 15 is 0 Å². The molecule has 8 heavy (non-hydrogen) atoms. The van der Waals surface area contributed by atoms with Crippen LogP contribution in [0.5, 0.6) is 0 Å². The zero-order valence-corrected chi connectivity index (χ0v) is 5.44. The van der Waals surface area contributed by atoms with Crippen LogP contribution in [0.2, 0.25) is 0 Å². The van der Waals surface area contributed by atoms with Gasteiger partial charge in [-0.3, -0.25) is 0 Å². The third kappa shape index (κ3) is 4.12. The van der Waals surface area contributed by atoms with Crippen LogP contribution in [-0.2, 0) is 10.1 Å². The maximum atomic E-state index is 9.36. The zero-order valence-electron chi connectivity index (χ0n) is 4.69. The second-order valence-corrected chi connectivity index (χ2v) is 1.74. The third-order valence-corrected chi connectivity index (χ3v) is 1.13. The number of alkyl halides is 1. The molecule has 0 heterocycles. The number of halogens is 1. The van der Waals surface area contributed by atoms with Crippen molar-refractivity contribution in [1.82, 2.24) is 0 Å². The molecule has 0 aromatic carbocycles. The van der Waals surface area contributed by atoms with Crippen LogP contribution in [0, 0.1) is 0 Å². The number of allylic oxidation sites excluding steroid dienone is 1. The molecule has 0 fully saturated rings. The van der Waals surface area contributed by atoms with Crippen molar-refractivity contribution in [3.63, 3.8) is 0 Å². The summed E-state index contributed by atoms with van der Waals surface area (Å²) in [6.07, 6.45) is 1.65. The molecule has 0 aliphatic rings. The van der Waals surface area contributed by atoms with Crippen LogP contribution in [0.3, 0.4) is 0 Å². The first-order valence-electron chi connectivity index (χ1n) is 2.27. The van der Waals surface area contributed by atoms with Gasteiger partial charge in [0.05, 0.1) is 0 Å². The smallest absolute Gasteiger partial charge is 0.104 e. The van der Waals surface area contributed by atoms with Crippen LogP contribution in [0.15, 0.2) is 11.6 Å². The fourth-order valence-corrected chi connectivity index (χ4v) is 0.340. The van der Waals surface area contributed by atoms with Crippen molar-refractivity contribution < 1.29 is 10.1 Å². The van der Waals surface area contributed by atoms with Crippen molar-refractivity contribution in [2.45, 2.75) is 6.92 Å². The van der Waals surface area contributed by atoms with Gasteiger partial charge in [0.1, 0.15) is 6.61 Å². The lowest BCUT2D eigenvalue weighted by Crippen LogP contribution is -1.84. The van der Waals surface area contributed by atoms with E-state index in [1.807, 2.05) is 6.92 Å². The highest BCUT2D eigenvalue weighted by Crippen LogP contribution is 1.93. The Labute approximate surface area is 53.6 Å². The van der Waals surface area contributed by atoms with E-state index in [9.17, 15) is 5.26 Å². The van der Waals surface area contributed by atoms with Crippen molar-refractivity contribution in [3.8, 4) is 0 Å². The van der Waals surface area contributed by atoms with Gasteiger partial charge in [-0.25, -0.2) is 0 Å². The molecule has 0 aromatic rings. The minimum Gasteiger partial charge on any atom is -0.200 e. The summed E-state index contributed by atoms with van der Waals surface area (Å²) in [5, 5.41) is 9.36. The van der Waals surface area contributed by atoms with Crippen LogP contribution >= 0.6 is 11.6 Å². The maximum Gasteiger partial charge on any atom is 0.104 e.